The number of amides is 3. The van der Waals surface area contributed by atoms with Crippen LogP contribution in [-0.2, 0) is 16.0 Å². The highest BCUT2D eigenvalue weighted by Crippen LogP contribution is 2.26. The van der Waals surface area contributed by atoms with E-state index in [1.807, 2.05) is 0 Å². The number of carbonyl (C=O) groups excluding carboxylic acids is 3. The third-order valence-electron chi connectivity index (χ3n) is 4.08. The lowest BCUT2D eigenvalue weighted by Gasteiger charge is -2.41. The molecule has 0 bridgehead atoms. The average Bonchev–Trinajstić information content (AvgIpc) is 2.80. The Morgan fingerprint density at radius 1 is 1.29 bits per heavy atom. The van der Waals surface area contributed by atoms with Crippen molar-refractivity contribution >= 4 is 23.4 Å². The second kappa shape index (κ2) is 4.58. The van der Waals surface area contributed by atoms with E-state index in [1.54, 1.807) is 36.9 Å². The van der Waals surface area contributed by atoms with Gasteiger partial charge in [0.05, 0.1) is 6.42 Å². The zero-order valence-electron chi connectivity index (χ0n) is 12.0. The predicted octanol–water partition coefficient (Wildman–Crippen LogP) is 0.532. The molecule has 110 valence electrons. The Balaban J connectivity index is 1.91. The normalized spacial score (nSPS) is 19.8. The van der Waals surface area contributed by atoms with Crippen LogP contribution in [0.3, 0.4) is 0 Å². The van der Waals surface area contributed by atoms with E-state index in [-0.39, 0.29) is 17.7 Å². The van der Waals surface area contributed by atoms with Gasteiger partial charge >= 0.3 is 0 Å². The fourth-order valence-electron chi connectivity index (χ4n) is 2.76. The van der Waals surface area contributed by atoms with Crippen molar-refractivity contribution in [2.45, 2.75) is 25.8 Å². The molecule has 6 heteroatoms. The predicted molar refractivity (Wildman–Crippen MR) is 76.9 cm³/mol. The number of hydrogen-bond donors (Lipinski definition) is 2. The van der Waals surface area contributed by atoms with Crippen LogP contribution < -0.4 is 10.6 Å². The minimum Gasteiger partial charge on any atom is -0.352 e. The highest BCUT2D eigenvalue weighted by molar-refractivity contribution is 6.03. The average molecular weight is 287 g/mol. The van der Waals surface area contributed by atoms with Gasteiger partial charge in [-0.1, -0.05) is 6.07 Å². The van der Waals surface area contributed by atoms with Crippen LogP contribution in [0, 0.1) is 0 Å². The largest absolute Gasteiger partial charge is 0.352 e. The lowest BCUT2D eigenvalue weighted by molar-refractivity contribution is -0.133. The molecular formula is C15H17N3O3. The summed E-state index contributed by atoms with van der Waals surface area (Å²) in [7, 11) is 0. The van der Waals surface area contributed by atoms with E-state index < -0.39 is 5.54 Å². The molecule has 1 saturated heterocycles. The van der Waals surface area contributed by atoms with Gasteiger partial charge in [0.1, 0.15) is 5.54 Å². The van der Waals surface area contributed by atoms with Crippen LogP contribution in [0.2, 0.25) is 0 Å². The zero-order chi connectivity index (χ0) is 15.2. The van der Waals surface area contributed by atoms with Crippen LogP contribution in [0.15, 0.2) is 18.2 Å². The van der Waals surface area contributed by atoms with Crippen molar-refractivity contribution in [2.24, 2.45) is 0 Å². The van der Waals surface area contributed by atoms with E-state index in [1.165, 1.54) is 0 Å². The van der Waals surface area contributed by atoms with E-state index in [0.717, 1.165) is 5.56 Å². The molecule has 2 aliphatic heterocycles. The molecule has 2 heterocycles. The van der Waals surface area contributed by atoms with Crippen molar-refractivity contribution in [1.82, 2.24) is 10.2 Å². The number of carbonyl (C=O) groups is 3. The first kappa shape index (κ1) is 13.6. The molecule has 1 aromatic rings. The van der Waals surface area contributed by atoms with Gasteiger partial charge in [-0.15, -0.1) is 0 Å². The first-order chi connectivity index (χ1) is 9.89. The number of benzene rings is 1. The molecule has 2 N–H and O–H groups in total. The van der Waals surface area contributed by atoms with Crippen molar-refractivity contribution in [1.29, 1.82) is 0 Å². The highest BCUT2D eigenvalue weighted by Gasteiger charge is 2.40. The molecule has 0 aliphatic carbocycles. The Labute approximate surface area is 122 Å². The standard InChI is InChI=1S/C15H17N3O3/c1-15(2)14(21)16-5-6-18(15)13(20)10-4-3-9-8-12(19)17-11(9)7-10/h3-4,7H,5-6,8H2,1-2H3,(H,16,21)(H,17,19). The molecule has 3 amide bonds. The third kappa shape index (κ3) is 2.16. The molecule has 0 atom stereocenters. The number of anilines is 1. The lowest BCUT2D eigenvalue weighted by Crippen LogP contribution is -2.63. The molecule has 0 unspecified atom stereocenters. The summed E-state index contributed by atoms with van der Waals surface area (Å²) < 4.78 is 0. The van der Waals surface area contributed by atoms with Crippen LogP contribution in [-0.4, -0.2) is 41.2 Å². The van der Waals surface area contributed by atoms with Gasteiger partial charge in [-0.05, 0) is 31.5 Å². The lowest BCUT2D eigenvalue weighted by atomic mass is 9.97. The van der Waals surface area contributed by atoms with Gasteiger partial charge in [0.2, 0.25) is 11.8 Å². The maximum Gasteiger partial charge on any atom is 0.254 e. The molecule has 0 spiro atoms. The van der Waals surface area contributed by atoms with Gasteiger partial charge < -0.3 is 15.5 Å². The van der Waals surface area contributed by atoms with E-state index in [0.29, 0.717) is 30.8 Å². The summed E-state index contributed by atoms with van der Waals surface area (Å²) in [4.78, 5) is 37.5. The highest BCUT2D eigenvalue weighted by atomic mass is 16.2. The molecule has 0 aromatic heterocycles. The van der Waals surface area contributed by atoms with Crippen LogP contribution in [0.25, 0.3) is 0 Å². The van der Waals surface area contributed by atoms with Crippen molar-refractivity contribution < 1.29 is 14.4 Å². The summed E-state index contributed by atoms with van der Waals surface area (Å²) in [6.45, 7) is 4.39. The summed E-state index contributed by atoms with van der Waals surface area (Å²) in [5, 5.41) is 5.50. The van der Waals surface area contributed by atoms with Gasteiger partial charge in [-0.25, -0.2) is 0 Å². The molecule has 1 aromatic carbocycles. The second-order valence-corrected chi connectivity index (χ2v) is 5.87. The van der Waals surface area contributed by atoms with Crippen LogP contribution >= 0.6 is 0 Å². The molecule has 3 rings (SSSR count). The number of rotatable bonds is 1. The first-order valence-corrected chi connectivity index (χ1v) is 6.92. The Kier molecular flexibility index (Phi) is 2.97. The maximum absolute atomic E-state index is 12.7. The first-order valence-electron chi connectivity index (χ1n) is 6.92. The Morgan fingerprint density at radius 2 is 2.05 bits per heavy atom. The van der Waals surface area contributed by atoms with Crippen molar-refractivity contribution in [2.75, 3.05) is 18.4 Å². The Hall–Kier alpha value is -2.37. The minimum atomic E-state index is -0.877. The maximum atomic E-state index is 12.7. The molecule has 0 saturated carbocycles. The summed E-state index contributed by atoms with van der Waals surface area (Å²) in [5.41, 5.74) is 1.19. The number of piperazine rings is 1. The van der Waals surface area contributed by atoms with E-state index >= 15 is 0 Å². The summed E-state index contributed by atoms with van der Waals surface area (Å²) in [6.07, 6.45) is 0.349. The van der Waals surface area contributed by atoms with Gasteiger partial charge in [0.25, 0.3) is 5.91 Å². The molecule has 6 nitrogen and oxygen atoms in total. The van der Waals surface area contributed by atoms with Crippen molar-refractivity contribution in [3.63, 3.8) is 0 Å². The van der Waals surface area contributed by atoms with E-state index in [4.69, 9.17) is 0 Å². The fourth-order valence-corrected chi connectivity index (χ4v) is 2.76. The molecule has 0 radical (unpaired) electrons. The quantitative estimate of drug-likeness (QED) is 0.791. The molecule has 21 heavy (non-hydrogen) atoms. The summed E-state index contributed by atoms with van der Waals surface area (Å²) >= 11 is 0. The van der Waals surface area contributed by atoms with Gasteiger partial charge in [0.15, 0.2) is 0 Å². The Morgan fingerprint density at radius 3 is 2.81 bits per heavy atom. The third-order valence-corrected chi connectivity index (χ3v) is 4.08. The number of nitrogens with zero attached hydrogens (tertiary/aromatic N) is 1. The van der Waals surface area contributed by atoms with E-state index in [2.05, 4.69) is 10.6 Å². The van der Waals surface area contributed by atoms with Crippen molar-refractivity contribution in [3.05, 3.63) is 29.3 Å². The van der Waals surface area contributed by atoms with Crippen molar-refractivity contribution in [3.8, 4) is 0 Å². The van der Waals surface area contributed by atoms with Gasteiger partial charge in [-0.3, -0.25) is 14.4 Å². The topological polar surface area (TPSA) is 78.5 Å². The summed E-state index contributed by atoms with van der Waals surface area (Å²) in [5.74, 6) is -0.414. The smallest absolute Gasteiger partial charge is 0.254 e. The van der Waals surface area contributed by atoms with Gasteiger partial charge in [-0.2, -0.15) is 0 Å². The van der Waals surface area contributed by atoms with Gasteiger partial charge in [0, 0.05) is 24.3 Å². The minimum absolute atomic E-state index is 0.0627. The monoisotopic (exact) mass is 287 g/mol. The fraction of sp³-hybridized carbons (Fsp3) is 0.400. The van der Waals surface area contributed by atoms with Crippen LogP contribution in [0.1, 0.15) is 29.8 Å². The summed E-state index contributed by atoms with van der Waals surface area (Å²) in [6, 6.07) is 5.19. The number of fused-ring (bicyclic) bond motifs is 1. The SMILES string of the molecule is CC1(C)C(=O)NCCN1C(=O)c1ccc2c(c1)NC(=O)C2. The number of hydrogen-bond acceptors (Lipinski definition) is 3. The van der Waals surface area contributed by atoms with E-state index in [9.17, 15) is 14.4 Å². The molecule has 1 fully saturated rings. The molecule has 2 aliphatic rings. The van der Waals surface area contributed by atoms with Crippen LogP contribution in [0.4, 0.5) is 5.69 Å². The van der Waals surface area contributed by atoms with Crippen LogP contribution in [0.5, 0.6) is 0 Å². The molecular weight excluding hydrogens is 270 g/mol. The number of nitrogens with one attached hydrogen (secondary N) is 2. The Bertz CT molecular complexity index is 652. The zero-order valence-corrected chi connectivity index (χ0v) is 12.0. The second-order valence-electron chi connectivity index (χ2n) is 5.87.